The van der Waals surface area contributed by atoms with Gasteiger partial charge < -0.3 is 15.0 Å². The van der Waals surface area contributed by atoms with Gasteiger partial charge in [-0.25, -0.2) is 0 Å². The fourth-order valence-corrected chi connectivity index (χ4v) is 3.71. The zero-order chi connectivity index (χ0) is 18.0. The molecule has 0 saturated carbocycles. The molecule has 0 unspecified atom stereocenters. The van der Waals surface area contributed by atoms with Crippen LogP contribution in [0.15, 0.2) is 40.9 Å². The van der Waals surface area contributed by atoms with Crippen LogP contribution < -0.4 is 15.5 Å². The molecule has 0 atom stereocenters. The van der Waals surface area contributed by atoms with Gasteiger partial charge in [-0.3, -0.25) is 4.79 Å². The van der Waals surface area contributed by atoms with E-state index < -0.39 is 0 Å². The molecule has 0 aliphatic carbocycles. The van der Waals surface area contributed by atoms with Crippen LogP contribution in [0.1, 0.15) is 12.5 Å². The van der Waals surface area contributed by atoms with Gasteiger partial charge in [-0.1, -0.05) is 33.5 Å². The second-order valence-electron chi connectivity index (χ2n) is 6.14. The summed E-state index contributed by atoms with van der Waals surface area (Å²) in [5.74, 6) is 0.807. The molecule has 0 saturated heterocycles. The second kappa shape index (κ2) is 7.36. The van der Waals surface area contributed by atoms with E-state index in [0.717, 1.165) is 38.8 Å². The first-order valence-corrected chi connectivity index (χ1v) is 8.98. The minimum atomic E-state index is -0.0164. The number of hydrogen-bond acceptors (Lipinski definition) is 2. The highest BCUT2D eigenvalue weighted by atomic mass is 79.9. The molecule has 1 amide bonds. The molecule has 128 valence electrons. The Hall–Kier alpha value is -2.21. The molecule has 1 aromatic heterocycles. The molecule has 1 heterocycles. The van der Waals surface area contributed by atoms with E-state index in [4.69, 9.17) is 4.74 Å². The number of hydrogen-bond donors (Lipinski definition) is 2. The first kappa shape index (κ1) is 17.6. The lowest BCUT2D eigenvalue weighted by Crippen LogP contribution is -2.22. The van der Waals surface area contributed by atoms with Crippen LogP contribution in [0.2, 0.25) is 0 Å². The zero-order valence-electron chi connectivity index (χ0n) is 14.6. The third-order valence-electron chi connectivity index (χ3n) is 4.19. The van der Waals surface area contributed by atoms with E-state index in [1.807, 2.05) is 18.2 Å². The normalized spacial score (nSPS) is 10.8. The lowest BCUT2D eigenvalue weighted by molar-refractivity contribution is -0.118. The highest BCUT2D eigenvalue weighted by molar-refractivity contribution is 9.10. The van der Waals surface area contributed by atoms with Crippen molar-refractivity contribution in [3.8, 4) is 17.0 Å². The van der Waals surface area contributed by atoms with Gasteiger partial charge in [0.2, 0.25) is 5.91 Å². The van der Waals surface area contributed by atoms with E-state index in [9.17, 15) is 4.79 Å². The van der Waals surface area contributed by atoms with Crippen LogP contribution in [-0.2, 0) is 11.2 Å². The Bertz CT molecular complexity index is 916. The van der Waals surface area contributed by atoms with Gasteiger partial charge in [0.05, 0.1) is 7.11 Å². The predicted octanol–water partition coefficient (Wildman–Crippen LogP) is 2.54. The van der Waals surface area contributed by atoms with Crippen molar-refractivity contribution in [3.05, 3.63) is 46.4 Å². The zero-order valence-corrected chi connectivity index (χ0v) is 16.2. The van der Waals surface area contributed by atoms with E-state index in [1.165, 1.54) is 17.9 Å². The maximum Gasteiger partial charge on any atom is 0.216 e. The average molecular weight is 399 g/mol. The number of ether oxygens (including phenoxy) is 1. The molecule has 0 fully saturated rings. The monoisotopic (exact) mass is 398 g/mol. The number of aromatic nitrogens is 1. The number of rotatable bonds is 5. The van der Waals surface area contributed by atoms with Gasteiger partial charge in [0.25, 0.3) is 0 Å². The highest BCUT2D eigenvalue weighted by Gasteiger charge is 2.15. The quantitative estimate of drug-likeness (QED) is 0.649. The van der Waals surface area contributed by atoms with E-state index in [2.05, 4.69) is 52.3 Å². The van der Waals surface area contributed by atoms with Gasteiger partial charge in [0, 0.05) is 34.5 Å². The third-order valence-corrected chi connectivity index (χ3v) is 4.65. The molecule has 4 nitrogen and oxygen atoms in total. The minimum Gasteiger partial charge on any atom is -0.497 e. The second-order valence-corrected chi connectivity index (χ2v) is 7.06. The van der Waals surface area contributed by atoms with E-state index in [-0.39, 0.29) is 5.91 Å². The molecule has 0 aliphatic rings. The molecule has 0 bridgehead atoms. The SMILES string of the molecule is Bc1cc(Br)cc(-c2[nH]c3ccc(OC)cc3c2CCNC(C)=O)c1. The molecular weight excluding hydrogens is 379 g/mol. The van der Waals surface area contributed by atoms with Gasteiger partial charge in [-0.05, 0) is 41.8 Å². The van der Waals surface area contributed by atoms with Crippen molar-refractivity contribution in [1.29, 1.82) is 0 Å². The molecule has 0 spiro atoms. The number of halogens is 1. The Morgan fingerprint density at radius 1 is 1.28 bits per heavy atom. The van der Waals surface area contributed by atoms with Gasteiger partial charge >= 0.3 is 0 Å². The van der Waals surface area contributed by atoms with Crippen molar-refractivity contribution < 1.29 is 9.53 Å². The van der Waals surface area contributed by atoms with E-state index in [1.54, 1.807) is 7.11 Å². The van der Waals surface area contributed by atoms with Crippen LogP contribution in [0.3, 0.4) is 0 Å². The van der Waals surface area contributed by atoms with Crippen LogP contribution in [0.25, 0.3) is 22.2 Å². The Morgan fingerprint density at radius 3 is 2.76 bits per heavy atom. The number of nitrogens with one attached hydrogen (secondary N) is 2. The lowest BCUT2D eigenvalue weighted by Gasteiger charge is -2.08. The predicted molar refractivity (Wildman–Crippen MR) is 109 cm³/mol. The summed E-state index contributed by atoms with van der Waals surface area (Å²) < 4.78 is 6.43. The summed E-state index contributed by atoms with van der Waals surface area (Å²) in [5, 5.41) is 4.01. The van der Waals surface area contributed by atoms with Crippen molar-refractivity contribution >= 4 is 46.0 Å². The number of methoxy groups -OCH3 is 1. The van der Waals surface area contributed by atoms with Crippen LogP contribution in [-0.4, -0.2) is 32.4 Å². The molecular formula is C19H20BBrN2O2. The molecule has 0 radical (unpaired) electrons. The molecule has 3 rings (SSSR count). The molecule has 25 heavy (non-hydrogen) atoms. The number of fused-ring (bicyclic) bond motifs is 1. The Kier molecular flexibility index (Phi) is 5.18. The number of benzene rings is 2. The number of carbonyl (C=O) groups is 1. The number of H-pyrrole nitrogens is 1. The van der Waals surface area contributed by atoms with Crippen LogP contribution >= 0.6 is 15.9 Å². The first-order valence-electron chi connectivity index (χ1n) is 8.18. The van der Waals surface area contributed by atoms with Gasteiger partial charge in [-0.15, -0.1) is 0 Å². The van der Waals surface area contributed by atoms with Crippen molar-refractivity contribution in [2.24, 2.45) is 0 Å². The maximum atomic E-state index is 11.2. The smallest absolute Gasteiger partial charge is 0.216 e. The third kappa shape index (κ3) is 3.90. The summed E-state index contributed by atoms with van der Waals surface area (Å²) in [7, 11) is 3.75. The fourth-order valence-electron chi connectivity index (χ4n) is 3.10. The number of amides is 1. The van der Waals surface area contributed by atoms with Gasteiger partial charge in [0.15, 0.2) is 0 Å². The van der Waals surface area contributed by atoms with Crippen molar-refractivity contribution in [2.75, 3.05) is 13.7 Å². The molecule has 2 N–H and O–H groups in total. The van der Waals surface area contributed by atoms with Crippen LogP contribution in [0, 0.1) is 0 Å². The standard InChI is InChI=1S/C19H20BBrN2O2/c1-11(24)22-6-5-16-17-10-15(25-2)3-4-18(17)23-19(16)12-7-13(20)9-14(21)8-12/h3-4,7-10,23H,5-6,20H2,1-2H3,(H,22,24). The number of aromatic amines is 1. The fraction of sp³-hybridized carbons (Fsp3) is 0.211. The Morgan fingerprint density at radius 2 is 2.08 bits per heavy atom. The van der Waals surface area contributed by atoms with Crippen molar-refractivity contribution in [1.82, 2.24) is 10.3 Å². The van der Waals surface area contributed by atoms with Gasteiger partial charge in [0.1, 0.15) is 13.6 Å². The summed E-state index contributed by atoms with van der Waals surface area (Å²) in [6.45, 7) is 2.14. The summed E-state index contributed by atoms with van der Waals surface area (Å²) >= 11 is 3.58. The van der Waals surface area contributed by atoms with Gasteiger partial charge in [-0.2, -0.15) is 0 Å². The maximum absolute atomic E-state index is 11.2. The molecule has 3 aromatic rings. The summed E-state index contributed by atoms with van der Waals surface area (Å²) in [6, 6.07) is 12.4. The first-order chi connectivity index (χ1) is 12.0. The summed E-state index contributed by atoms with van der Waals surface area (Å²) in [6.07, 6.45) is 0.744. The van der Waals surface area contributed by atoms with Crippen LogP contribution in [0.5, 0.6) is 5.75 Å². The largest absolute Gasteiger partial charge is 0.497 e. The van der Waals surface area contributed by atoms with E-state index >= 15 is 0 Å². The van der Waals surface area contributed by atoms with Crippen molar-refractivity contribution in [2.45, 2.75) is 13.3 Å². The highest BCUT2D eigenvalue weighted by Crippen LogP contribution is 2.33. The summed E-state index contributed by atoms with van der Waals surface area (Å²) in [4.78, 5) is 14.8. The minimum absolute atomic E-state index is 0.0164. The summed E-state index contributed by atoms with van der Waals surface area (Å²) in [5.41, 5.74) is 5.64. The molecule has 0 aliphatic heterocycles. The lowest BCUT2D eigenvalue weighted by atomic mass is 9.92. The Labute approximate surface area is 156 Å². The average Bonchev–Trinajstić information content (AvgIpc) is 2.91. The number of carbonyl (C=O) groups excluding carboxylic acids is 1. The molecule has 6 heteroatoms. The van der Waals surface area contributed by atoms with Crippen LogP contribution in [0.4, 0.5) is 0 Å². The Balaban J connectivity index is 2.13. The van der Waals surface area contributed by atoms with E-state index in [0.29, 0.717) is 6.54 Å². The van der Waals surface area contributed by atoms with Crippen molar-refractivity contribution in [3.63, 3.8) is 0 Å². The molecule has 2 aromatic carbocycles. The topological polar surface area (TPSA) is 54.1 Å².